The summed E-state index contributed by atoms with van der Waals surface area (Å²) in [6.45, 7) is 0.509. The van der Waals surface area contributed by atoms with Crippen molar-refractivity contribution in [1.29, 1.82) is 0 Å². The molecule has 0 radical (unpaired) electrons. The van der Waals surface area contributed by atoms with Crippen molar-refractivity contribution in [3.8, 4) is 5.75 Å². The Labute approximate surface area is 154 Å². The van der Waals surface area contributed by atoms with Crippen LogP contribution in [0.25, 0.3) is 0 Å². The lowest BCUT2D eigenvalue weighted by Gasteiger charge is -2.28. The first-order valence-electron chi connectivity index (χ1n) is 9.52. The van der Waals surface area contributed by atoms with Crippen molar-refractivity contribution in [1.82, 2.24) is 5.32 Å². The van der Waals surface area contributed by atoms with Gasteiger partial charge in [-0.05, 0) is 62.3 Å². The first-order chi connectivity index (χ1) is 12.6. The number of ether oxygens (including phenoxy) is 2. The van der Waals surface area contributed by atoms with Gasteiger partial charge in [-0.15, -0.1) is 0 Å². The summed E-state index contributed by atoms with van der Waals surface area (Å²) in [6.07, 6.45) is 6.79. The van der Waals surface area contributed by atoms with Gasteiger partial charge in [0.2, 0.25) is 11.8 Å². The van der Waals surface area contributed by atoms with Crippen LogP contribution in [-0.2, 0) is 20.7 Å². The molecule has 26 heavy (non-hydrogen) atoms. The number of anilines is 1. The predicted octanol–water partition coefficient (Wildman–Crippen LogP) is 2.80. The van der Waals surface area contributed by atoms with E-state index in [1.54, 1.807) is 7.11 Å². The van der Waals surface area contributed by atoms with Crippen LogP contribution in [0.5, 0.6) is 5.75 Å². The lowest BCUT2D eigenvalue weighted by atomic mass is 9.93. The zero-order chi connectivity index (χ0) is 18.4. The van der Waals surface area contributed by atoms with Crippen molar-refractivity contribution >= 4 is 17.5 Å². The average Bonchev–Trinajstić information content (AvgIpc) is 2.66. The number of benzene rings is 1. The highest BCUT2D eigenvalue weighted by atomic mass is 16.5. The van der Waals surface area contributed by atoms with Gasteiger partial charge in [-0.3, -0.25) is 9.59 Å². The topological polar surface area (TPSA) is 76.7 Å². The molecule has 142 valence electrons. The van der Waals surface area contributed by atoms with Crippen molar-refractivity contribution in [2.24, 2.45) is 0 Å². The molecule has 2 aliphatic rings. The van der Waals surface area contributed by atoms with E-state index in [0.717, 1.165) is 49.1 Å². The Morgan fingerprint density at radius 2 is 2.04 bits per heavy atom. The van der Waals surface area contributed by atoms with Gasteiger partial charge >= 0.3 is 0 Å². The molecule has 1 aromatic carbocycles. The molecule has 1 aromatic rings. The second-order valence-corrected chi connectivity index (χ2v) is 7.10. The molecule has 2 amide bonds. The van der Waals surface area contributed by atoms with E-state index in [2.05, 4.69) is 10.6 Å². The zero-order valence-electron chi connectivity index (χ0n) is 15.4. The normalized spacial score (nSPS) is 22.3. The van der Waals surface area contributed by atoms with Crippen LogP contribution >= 0.6 is 0 Å². The van der Waals surface area contributed by atoms with E-state index < -0.39 is 0 Å². The maximum Gasteiger partial charge on any atom is 0.224 e. The fraction of sp³-hybridized carbons (Fsp3) is 0.600. The van der Waals surface area contributed by atoms with Crippen LogP contribution in [0.2, 0.25) is 0 Å². The number of fused-ring (bicyclic) bond motifs is 1. The lowest BCUT2D eigenvalue weighted by Crippen LogP contribution is -2.38. The van der Waals surface area contributed by atoms with Gasteiger partial charge in [-0.2, -0.15) is 0 Å². The monoisotopic (exact) mass is 360 g/mol. The van der Waals surface area contributed by atoms with Gasteiger partial charge in [-0.1, -0.05) is 0 Å². The average molecular weight is 360 g/mol. The number of rotatable bonds is 7. The molecule has 1 aliphatic carbocycles. The van der Waals surface area contributed by atoms with Crippen LogP contribution in [0, 0.1) is 0 Å². The molecule has 6 heteroatoms. The third kappa shape index (κ3) is 5.21. The summed E-state index contributed by atoms with van der Waals surface area (Å²) >= 11 is 0. The minimum absolute atomic E-state index is 0.0629. The molecule has 6 nitrogen and oxygen atoms in total. The SMILES string of the molecule is COC1CCC(NC(=O)CCCOc2ccc3c(c2)CCC(=O)N3)CC1. The number of nitrogens with one attached hydrogen (secondary N) is 2. The molecule has 0 saturated heterocycles. The fourth-order valence-electron chi connectivity index (χ4n) is 3.62. The van der Waals surface area contributed by atoms with E-state index in [0.29, 0.717) is 32.0 Å². The lowest BCUT2D eigenvalue weighted by molar-refractivity contribution is -0.122. The summed E-state index contributed by atoms with van der Waals surface area (Å²) < 4.78 is 11.1. The van der Waals surface area contributed by atoms with Gasteiger partial charge in [0.1, 0.15) is 5.75 Å². The van der Waals surface area contributed by atoms with E-state index in [9.17, 15) is 9.59 Å². The molecular weight excluding hydrogens is 332 g/mol. The van der Waals surface area contributed by atoms with Gasteiger partial charge in [0.05, 0.1) is 12.7 Å². The van der Waals surface area contributed by atoms with Gasteiger partial charge in [0.25, 0.3) is 0 Å². The fourth-order valence-corrected chi connectivity index (χ4v) is 3.62. The van der Waals surface area contributed by atoms with Crippen molar-refractivity contribution in [2.75, 3.05) is 19.0 Å². The van der Waals surface area contributed by atoms with Crippen LogP contribution < -0.4 is 15.4 Å². The minimum atomic E-state index is 0.0629. The second-order valence-electron chi connectivity index (χ2n) is 7.10. The molecule has 0 bridgehead atoms. The zero-order valence-corrected chi connectivity index (χ0v) is 15.4. The summed E-state index contributed by atoms with van der Waals surface area (Å²) in [5.41, 5.74) is 1.97. The van der Waals surface area contributed by atoms with Crippen molar-refractivity contribution < 1.29 is 19.1 Å². The summed E-state index contributed by atoms with van der Waals surface area (Å²) in [5.74, 6) is 0.953. The first-order valence-corrected chi connectivity index (χ1v) is 9.52. The van der Waals surface area contributed by atoms with Crippen LogP contribution in [0.1, 0.15) is 50.5 Å². The summed E-state index contributed by atoms with van der Waals surface area (Å²) in [4.78, 5) is 23.4. The number of amides is 2. The highest BCUT2D eigenvalue weighted by Gasteiger charge is 2.21. The third-order valence-electron chi connectivity index (χ3n) is 5.16. The van der Waals surface area contributed by atoms with Gasteiger partial charge in [0, 0.05) is 31.7 Å². The van der Waals surface area contributed by atoms with E-state index >= 15 is 0 Å². The number of carbonyl (C=O) groups is 2. The van der Waals surface area contributed by atoms with E-state index in [1.807, 2.05) is 18.2 Å². The molecule has 0 atom stereocenters. The highest BCUT2D eigenvalue weighted by molar-refractivity contribution is 5.94. The molecule has 1 aliphatic heterocycles. The number of hydrogen-bond acceptors (Lipinski definition) is 4. The van der Waals surface area contributed by atoms with Crippen LogP contribution in [-0.4, -0.2) is 37.7 Å². The Balaban J connectivity index is 1.34. The molecule has 1 fully saturated rings. The number of aryl methyl sites for hydroxylation is 1. The second kappa shape index (κ2) is 9.03. The van der Waals surface area contributed by atoms with Crippen molar-refractivity contribution in [3.05, 3.63) is 23.8 Å². The maximum atomic E-state index is 12.1. The van der Waals surface area contributed by atoms with Gasteiger partial charge < -0.3 is 20.1 Å². The summed E-state index contributed by atoms with van der Waals surface area (Å²) in [5, 5.41) is 5.98. The third-order valence-corrected chi connectivity index (χ3v) is 5.16. The Morgan fingerprint density at radius 3 is 2.81 bits per heavy atom. The molecule has 1 heterocycles. The van der Waals surface area contributed by atoms with Gasteiger partial charge in [-0.25, -0.2) is 0 Å². The molecule has 0 spiro atoms. The summed E-state index contributed by atoms with van der Waals surface area (Å²) in [7, 11) is 1.75. The Morgan fingerprint density at radius 1 is 1.23 bits per heavy atom. The molecule has 1 saturated carbocycles. The number of methoxy groups -OCH3 is 1. The summed E-state index contributed by atoms with van der Waals surface area (Å²) in [6, 6.07) is 6.00. The standard InChI is InChI=1S/C20H28N2O4/c1-25-16-7-5-15(6-8-16)21-19(23)3-2-12-26-17-9-10-18-14(13-17)4-11-20(24)22-18/h9-10,13,15-16H,2-8,11-12H2,1H3,(H,21,23)(H,22,24). The molecular formula is C20H28N2O4. The van der Waals surface area contributed by atoms with Crippen molar-refractivity contribution in [3.63, 3.8) is 0 Å². The van der Waals surface area contributed by atoms with E-state index in [-0.39, 0.29) is 17.9 Å². The molecule has 0 aromatic heterocycles. The molecule has 3 rings (SSSR count). The van der Waals surface area contributed by atoms with Crippen LogP contribution in [0.4, 0.5) is 5.69 Å². The Bertz CT molecular complexity index is 639. The largest absolute Gasteiger partial charge is 0.494 e. The maximum absolute atomic E-state index is 12.1. The minimum Gasteiger partial charge on any atom is -0.494 e. The van der Waals surface area contributed by atoms with Crippen LogP contribution in [0.15, 0.2) is 18.2 Å². The predicted molar refractivity (Wildman–Crippen MR) is 99.3 cm³/mol. The Kier molecular flexibility index (Phi) is 6.50. The van der Waals surface area contributed by atoms with Gasteiger partial charge in [0.15, 0.2) is 0 Å². The molecule has 0 unspecified atom stereocenters. The number of carbonyl (C=O) groups excluding carboxylic acids is 2. The highest BCUT2D eigenvalue weighted by Crippen LogP contribution is 2.27. The smallest absolute Gasteiger partial charge is 0.224 e. The Hall–Kier alpha value is -2.08. The molecule has 2 N–H and O–H groups in total. The van der Waals surface area contributed by atoms with E-state index in [1.165, 1.54) is 0 Å². The van der Waals surface area contributed by atoms with Crippen molar-refractivity contribution in [2.45, 2.75) is 63.5 Å². The van der Waals surface area contributed by atoms with E-state index in [4.69, 9.17) is 9.47 Å². The number of hydrogen-bond donors (Lipinski definition) is 2. The quantitative estimate of drug-likeness (QED) is 0.733. The van der Waals surface area contributed by atoms with Crippen LogP contribution in [0.3, 0.4) is 0 Å². The first kappa shape index (κ1) is 18.7.